The SMILES string of the molecule is Cc1cc(-c2nc3nc(Cl)c(Cl)cc3[nH]2)co1. The summed E-state index contributed by atoms with van der Waals surface area (Å²) in [7, 11) is 0. The number of fused-ring (bicyclic) bond motifs is 1. The number of rotatable bonds is 1. The van der Waals surface area contributed by atoms with E-state index >= 15 is 0 Å². The Morgan fingerprint density at radius 2 is 2.06 bits per heavy atom. The molecule has 0 atom stereocenters. The van der Waals surface area contributed by atoms with Gasteiger partial charge in [-0.2, -0.15) is 0 Å². The predicted molar refractivity (Wildman–Crippen MR) is 66.3 cm³/mol. The van der Waals surface area contributed by atoms with E-state index in [9.17, 15) is 0 Å². The summed E-state index contributed by atoms with van der Waals surface area (Å²) < 4.78 is 5.23. The van der Waals surface area contributed by atoms with Gasteiger partial charge >= 0.3 is 0 Å². The van der Waals surface area contributed by atoms with Crippen LogP contribution >= 0.6 is 23.2 Å². The van der Waals surface area contributed by atoms with Crippen molar-refractivity contribution in [2.24, 2.45) is 0 Å². The highest BCUT2D eigenvalue weighted by Crippen LogP contribution is 2.26. The van der Waals surface area contributed by atoms with Crippen LogP contribution in [0.25, 0.3) is 22.6 Å². The van der Waals surface area contributed by atoms with Crippen molar-refractivity contribution in [3.8, 4) is 11.4 Å². The summed E-state index contributed by atoms with van der Waals surface area (Å²) in [6.45, 7) is 1.87. The molecule has 0 spiro atoms. The van der Waals surface area contributed by atoms with E-state index in [-0.39, 0.29) is 5.15 Å². The molecule has 0 aliphatic carbocycles. The van der Waals surface area contributed by atoms with Crippen LogP contribution in [-0.4, -0.2) is 15.0 Å². The molecule has 1 N–H and O–H groups in total. The maximum atomic E-state index is 5.89. The minimum absolute atomic E-state index is 0.251. The molecule has 0 aromatic carbocycles. The lowest BCUT2D eigenvalue weighted by Gasteiger charge is -1.92. The van der Waals surface area contributed by atoms with Gasteiger partial charge in [-0.1, -0.05) is 23.2 Å². The van der Waals surface area contributed by atoms with Crippen molar-refractivity contribution in [1.29, 1.82) is 0 Å². The van der Waals surface area contributed by atoms with Gasteiger partial charge < -0.3 is 9.40 Å². The number of aryl methyl sites for hydroxylation is 1. The second kappa shape index (κ2) is 3.75. The molecule has 0 radical (unpaired) electrons. The zero-order valence-electron chi connectivity index (χ0n) is 8.79. The second-order valence-corrected chi connectivity index (χ2v) is 4.43. The van der Waals surface area contributed by atoms with Gasteiger partial charge in [0.1, 0.15) is 23.0 Å². The number of H-pyrrole nitrogens is 1. The van der Waals surface area contributed by atoms with Gasteiger partial charge in [-0.05, 0) is 19.1 Å². The molecule has 17 heavy (non-hydrogen) atoms. The standard InChI is InChI=1S/C11H7Cl2N3O/c1-5-2-6(4-17-5)10-14-8-3-7(12)9(13)15-11(8)16-10/h2-4H,1H3,(H,14,15,16). The van der Waals surface area contributed by atoms with Crippen molar-refractivity contribution in [3.05, 3.63) is 34.3 Å². The lowest BCUT2D eigenvalue weighted by Crippen LogP contribution is -1.79. The smallest absolute Gasteiger partial charge is 0.179 e. The lowest BCUT2D eigenvalue weighted by molar-refractivity contribution is 0.535. The van der Waals surface area contributed by atoms with Gasteiger partial charge in [-0.15, -0.1) is 0 Å². The zero-order chi connectivity index (χ0) is 12.0. The van der Waals surface area contributed by atoms with Crippen molar-refractivity contribution in [2.45, 2.75) is 6.92 Å². The molecule has 0 saturated heterocycles. The van der Waals surface area contributed by atoms with Gasteiger partial charge in [0, 0.05) is 0 Å². The van der Waals surface area contributed by atoms with E-state index in [4.69, 9.17) is 27.6 Å². The summed E-state index contributed by atoms with van der Waals surface area (Å²) >= 11 is 11.7. The highest BCUT2D eigenvalue weighted by molar-refractivity contribution is 6.41. The number of aromatic amines is 1. The Bertz CT molecular complexity index is 663. The molecular formula is C11H7Cl2N3O. The Kier molecular flexibility index (Phi) is 2.34. The fourth-order valence-corrected chi connectivity index (χ4v) is 1.89. The largest absolute Gasteiger partial charge is 0.469 e. The Labute approximate surface area is 107 Å². The third kappa shape index (κ3) is 1.79. The number of halogens is 2. The lowest BCUT2D eigenvalue weighted by atomic mass is 10.3. The van der Waals surface area contributed by atoms with Crippen molar-refractivity contribution in [2.75, 3.05) is 0 Å². The first-order chi connectivity index (χ1) is 8.13. The van der Waals surface area contributed by atoms with Crippen molar-refractivity contribution in [1.82, 2.24) is 15.0 Å². The summed E-state index contributed by atoms with van der Waals surface area (Å²) in [5, 5.41) is 0.651. The monoisotopic (exact) mass is 267 g/mol. The van der Waals surface area contributed by atoms with Gasteiger partial charge in [-0.25, -0.2) is 9.97 Å². The van der Waals surface area contributed by atoms with Crippen molar-refractivity contribution in [3.63, 3.8) is 0 Å². The highest BCUT2D eigenvalue weighted by Gasteiger charge is 2.10. The molecule has 0 aliphatic heterocycles. The molecule has 0 fully saturated rings. The van der Waals surface area contributed by atoms with Crippen molar-refractivity contribution < 1.29 is 4.42 Å². The molecule has 3 aromatic rings. The van der Waals surface area contributed by atoms with Gasteiger partial charge in [0.25, 0.3) is 0 Å². The molecule has 6 heteroatoms. The third-order valence-electron chi connectivity index (χ3n) is 2.39. The summed E-state index contributed by atoms with van der Waals surface area (Å²) in [4.78, 5) is 11.5. The van der Waals surface area contributed by atoms with Crippen LogP contribution in [0.3, 0.4) is 0 Å². The molecule has 0 amide bonds. The van der Waals surface area contributed by atoms with Crippen LogP contribution < -0.4 is 0 Å². The fourth-order valence-electron chi connectivity index (χ4n) is 1.60. The van der Waals surface area contributed by atoms with Crippen LogP contribution in [0.1, 0.15) is 5.76 Å². The van der Waals surface area contributed by atoms with Crippen molar-refractivity contribution >= 4 is 34.4 Å². The quantitative estimate of drug-likeness (QED) is 0.682. The van der Waals surface area contributed by atoms with Gasteiger partial charge in [0.15, 0.2) is 5.65 Å². The third-order valence-corrected chi connectivity index (χ3v) is 3.06. The van der Waals surface area contributed by atoms with Crippen LogP contribution in [0.5, 0.6) is 0 Å². The first-order valence-electron chi connectivity index (χ1n) is 4.91. The molecule has 3 aromatic heterocycles. The highest BCUT2D eigenvalue weighted by atomic mass is 35.5. The minimum Gasteiger partial charge on any atom is -0.469 e. The van der Waals surface area contributed by atoms with Crippen LogP contribution in [0.15, 0.2) is 22.8 Å². The van der Waals surface area contributed by atoms with E-state index in [0.717, 1.165) is 16.8 Å². The Balaban J connectivity index is 2.19. The number of imidazole rings is 1. The molecule has 0 aliphatic rings. The molecule has 86 valence electrons. The van der Waals surface area contributed by atoms with Crippen LogP contribution in [0.2, 0.25) is 10.2 Å². The van der Waals surface area contributed by atoms with Crippen LogP contribution in [0, 0.1) is 6.92 Å². The molecule has 3 rings (SSSR count). The number of hydrogen-bond donors (Lipinski definition) is 1. The molecule has 0 bridgehead atoms. The summed E-state index contributed by atoms with van der Waals surface area (Å²) in [6, 6.07) is 3.59. The molecule has 0 saturated carbocycles. The number of furan rings is 1. The molecule has 3 heterocycles. The molecule has 4 nitrogen and oxygen atoms in total. The summed E-state index contributed by atoms with van der Waals surface area (Å²) in [5.74, 6) is 1.51. The molecule has 0 unspecified atom stereocenters. The van der Waals surface area contributed by atoms with E-state index in [0.29, 0.717) is 16.5 Å². The van der Waals surface area contributed by atoms with E-state index in [1.54, 1.807) is 12.3 Å². The van der Waals surface area contributed by atoms with Gasteiger partial charge in [-0.3, -0.25) is 0 Å². The fraction of sp³-hybridized carbons (Fsp3) is 0.0909. The topological polar surface area (TPSA) is 54.7 Å². The molecular weight excluding hydrogens is 261 g/mol. The number of nitrogens with one attached hydrogen (secondary N) is 1. The summed E-state index contributed by atoms with van der Waals surface area (Å²) in [5.41, 5.74) is 2.15. The van der Waals surface area contributed by atoms with Crippen LogP contribution in [-0.2, 0) is 0 Å². The Morgan fingerprint density at radius 3 is 2.76 bits per heavy atom. The normalized spacial score (nSPS) is 11.2. The average Bonchev–Trinajstić information content (AvgIpc) is 2.85. The Morgan fingerprint density at radius 1 is 1.24 bits per heavy atom. The zero-order valence-corrected chi connectivity index (χ0v) is 10.3. The first-order valence-corrected chi connectivity index (χ1v) is 5.66. The van der Waals surface area contributed by atoms with Gasteiger partial charge in [0.2, 0.25) is 0 Å². The van der Waals surface area contributed by atoms with E-state index < -0.39 is 0 Å². The second-order valence-electron chi connectivity index (χ2n) is 3.66. The van der Waals surface area contributed by atoms with Crippen LogP contribution in [0.4, 0.5) is 0 Å². The van der Waals surface area contributed by atoms with Gasteiger partial charge in [0.05, 0.1) is 16.1 Å². The number of nitrogens with zero attached hydrogens (tertiary/aromatic N) is 2. The summed E-state index contributed by atoms with van der Waals surface area (Å²) in [6.07, 6.45) is 1.64. The Hall–Kier alpha value is -1.52. The number of hydrogen-bond acceptors (Lipinski definition) is 3. The van der Waals surface area contributed by atoms with E-state index in [1.165, 1.54) is 0 Å². The first kappa shape index (κ1) is 10.6. The minimum atomic E-state index is 0.251. The average molecular weight is 268 g/mol. The van der Waals surface area contributed by atoms with E-state index in [1.807, 2.05) is 13.0 Å². The maximum Gasteiger partial charge on any atom is 0.179 e. The van der Waals surface area contributed by atoms with E-state index in [2.05, 4.69) is 15.0 Å². The number of pyridine rings is 1. The predicted octanol–water partition coefficient (Wildman–Crippen LogP) is 3.83. The number of aromatic nitrogens is 3. The maximum absolute atomic E-state index is 5.89.